The van der Waals surface area contributed by atoms with E-state index in [0.717, 1.165) is 13.1 Å². The monoisotopic (exact) mass is 272 g/mol. The van der Waals surface area contributed by atoms with Crippen LogP contribution in [0.5, 0.6) is 0 Å². The SMILES string of the molecule is CC(C)[C@@H](CNCc1cnn(C)c1)Nc1ccccc1. The van der Waals surface area contributed by atoms with Crippen molar-refractivity contribution in [2.24, 2.45) is 13.0 Å². The molecule has 0 amide bonds. The summed E-state index contributed by atoms with van der Waals surface area (Å²) in [6.07, 6.45) is 3.95. The highest BCUT2D eigenvalue weighted by Crippen LogP contribution is 2.11. The molecule has 0 fully saturated rings. The average molecular weight is 272 g/mol. The first kappa shape index (κ1) is 14.6. The van der Waals surface area contributed by atoms with Crippen LogP contribution in [0, 0.1) is 5.92 Å². The maximum Gasteiger partial charge on any atom is 0.0534 e. The molecule has 0 aliphatic heterocycles. The van der Waals surface area contributed by atoms with Crippen molar-refractivity contribution in [1.29, 1.82) is 0 Å². The Morgan fingerprint density at radius 2 is 1.95 bits per heavy atom. The summed E-state index contributed by atoms with van der Waals surface area (Å²) >= 11 is 0. The van der Waals surface area contributed by atoms with Gasteiger partial charge in [0.05, 0.1) is 6.20 Å². The zero-order chi connectivity index (χ0) is 14.4. The average Bonchev–Trinajstić information content (AvgIpc) is 2.84. The smallest absolute Gasteiger partial charge is 0.0534 e. The second-order valence-corrected chi connectivity index (χ2v) is 5.51. The molecule has 1 heterocycles. The van der Waals surface area contributed by atoms with E-state index in [1.807, 2.05) is 30.2 Å². The summed E-state index contributed by atoms with van der Waals surface area (Å²) in [5.41, 5.74) is 2.39. The van der Waals surface area contributed by atoms with Gasteiger partial charge in [-0.25, -0.2) is 0 Å². The highest BCUT2D eigenvalue weighted by atomic mass is 15.2. The molecule has 1 aromatic carbocycles. The van der Waals surface area contributed by atoms with Gasteiger partial charge in [-0.3, -0.25) is 4.68 Å². The third-order valence-electron chi connectivity index (χ3n) is 3.38. The number of nitrogens with zero attached hydrogens (tertiary/aromatic N) is 2. The number of hydrogen-bond donors (Lipinski definition) is 2. The van der Waals surface area contributed by atoms with E-state index in [1.54, 1.807) is 0 Å². The fraction of sp³-hybridized carbons (Fsp3) is 0.438. The first-order valence-corrected chi connectivity index (χ1v) is 7.15. The van der Waals surface area contributed by atoms with Crippen molar-refractivity contribution in [3.8, 4) is 0 Å². The number of rotatable bonds is 7. The predicted molar refractivity (Wildman–Crippen MR) is 83.6 cm³/mol. The molecule has 0 aliphatic carbocycles. The van der Waals surface area contributed by atoms with Crippen LogP contribution in [0.2, 0.25) is 0 Å². The summed E-state index contributed by atoms with van der Waals surface area (Å²) < 4.78 is 1.83. The van der Waals surface area contributed by atoms with Crippen molar-refractivity contribution in [2.75, 3.05) is 11.9 Å². The summed E-state index contributed by atoms with van der Waals surface area (Å²) in [4.78, 5) is 0. The minimum absolute atomic E-state index is 0.411. The first-order valence-electron chi connectivity index (χ1n) is 7.15. The second kappa shape index (κ2) is 7.10. The van der Waals surface area contributed by atoms with Gasteiger partial charge in [-0.2, -0.15) is 5.10 Å². The third-order valence-corrected chi connectivity index (χ3v) is 3.38. The van der Waals surface area contributed by atoms with Crippen LogP contribution in [0.15, 0.2) is 42.7 Å². The molecule has 4 heteroatoms. The summed E-state index contributed by atoms with van der Waals surface area (Å²) in [5.74, 6) is 0.566. The molecule has 2 N–H and O–H groups in total. The lowest BCUT2D eigenvalue weighted by Crippen LogP contribution is -2.36. The Bertz CT molecular complexity index is 504. The maximum absolute atomic E-state index is 4.18. The molecule has 0 unspecified atom stereocenters. The third kappa shape index (κ3) is 4.38. The molecule has 108 valence electrons. The zero-order valence-electron chi connectivity index (χ0n) is 12.5. The Morgan fingerprint density at radius 3 is 2.55 bits per heavy atom. The number of hydrogen-bond acceptors (Lipinski definition) is 3. The molecule has 1 aromatic heterocycles. The minimum Gasteiger partial charge on any atom is -0.381 e. The van der Waals surface area contributed by atoms with Crippen molar-refractivity contribution in [2.45, 2.75) is 26.4 Å². The van der Waals surface area contributed by atoms with Crippen molar-refractivity contribution in [3.63, 3.8) is 0 Å². The van der Waals surface area contributed by atoms with Gasteiger partial charge in [0.1, 0.15) is 0 Å². The van der Waals surface area contributed by atoms with Gasteiger partial charge in [0.2, 0.25) is 0 Å². The van der Waals surface area contributed by atoms with Crippen LogP contribution in [0.3, 0.4) is 0 Å². The fourth-order valence-electron chi connectivity index (χ4n) is 2.14. The molecule has 0 bridgehead atoms. The Labute approximate surface area is 121 Å². The Kier molecular flexibility index (Phi) is 5.18. The van der Waals surface area contributed by atoms with E-state index >= 15 is 0 Å². The van der Waals surface area contributed by atoms with Gasteiger partial charge in [-0.05, 0) is 18.1 Å². The van der Waals surface area contributed by atoms with Crippen LogP contribution in [0.4, 0.5) is 5.69 Å². The Morgan fingerprint density at radius 1 is 1.20 bits per heavy atom. The molecule has 2 aromatic rings. The molecule has 4 nitrogen and oxygen atoms in total. The number of anilines is 1. The summed E-state index contributed by atoms with van der Waals surface area (Å²) in [7, 11) is 1.94. The van der Waals surface area contributed by atoms with E-state index in [9.17, 15) is 0 Å². The van der Waals surface area contributed by atoms with Gasteiger partial charge in [0, 0.05) is 43.6 Å². The van der Waals surface area contributed by atoms with Crippen molar-refractivity contribution in [3.05, 3.63) is 48.3 Å². The first-order chi connectivity index (χ1) is 9.65. The number of para-hydroxylation sites is 1. The van der Waals surface area contributed by atoms with Crippen LogP contribution < -0.4 is 10.6 Å². The molecule has 2 rings (SSSR count). The van der Waals surface area contributed by atoms with Gasteiger partial charge in [0.25, 0.3) is 0 Å². The minimum atomic E-state index is 0.411. The van der Waals surface area contributed by atoms with Gasteiger partial charge in [-0.15, -0.1) is 0 Å². The Balaban J connectivity index is 1.83. The lowest BCUT2D eigenvalue weighted by Gasteiger charge is -2.24. The van der Waals surface area contributed by atoms with E-state index in [4.69, 9.17) is 0 Å². The van der Waals surface area contributed by atoms with Crippen molar-refractivity contribution >= 4 is 5.69 Å². The van der Waals surface area contributed by atoms with Gasteiger partial charge >= 0.3 is 0 Å². The van der Waals surface area contributed by atoms with Crippen LogP contribution in [0.1, 0.15) is 19.4 Å². The fourth-order valence-corrected chi connectivity index (χ4v) is 2.14. The van der Waals surface area contributed by atoms with Crippen molar-refractivity contribution < 1.29 is 0 Å². The predicted octanol–water partition coefficient (Wildman–Crippen LogP) is 2.65. The van der Waals surface area contributed by atoms with Crippen LogP contribution in [-0.2, 0) is 13.6 Å². The summed E-state index contributed by atoms with van der Waals surface area (Å²) in [5, 5.41) is 11.3. The van der Waals surface area contributed by atoms with Gasteiger partial charge in [0.15, 0.2) is 0 Å². The largest absolute Gasteiger partial charge is 0.381 e. The molecule has 0 spiro atoms. The normalized spacial score (nSPS) is 12.6. The quantitative estimate of drug-likeness (QED) is 0.814. The molecular weight excluding hydrogens is 248 g/mol. The van der Waals surface area contributed by atoms with Crippen LogP contribution >= 0.6 is 0 Å². The highest BCUT2D eigenvalue weighted by Gasteiger charge is 2.12. The number of nitrogens with one attached hydrogen (secondary N) is 2. The lowest BCUT2D eigenvalue weighted by atomic mass is 10.0. The van der Waals surface area contributed by atoms with Crippen LogP contribution in [-0.4, -0.2) is 22.4 Å². The zero-order valence-corrected chi connectivity index (χ0v) is 12.5. The molecule has 1 atom stereocenters. The molecule has 0 radical (unpaired) electrons. The molecular formula is C16H24N4. The van der Waals surface area contributed by atoms with Crippen molar-refractivity contribution in [1.82, 2.24) is 15.1 Å². The number of aryl methyl sites for hydroxylation is 1. The number of benzene rings is 1. The lowest BCUT2D eigenvalue weighted by molar-refractivity contribution is 0.484. The Hall–Kier alpha value is -1.81. The maximum atomic E-state index is 4.18. The highest BCUT2D eigenvalue weighted by molar-refractivity contribution is 5.43. The standard InChI is InChI=1S/C16H24N4/c1-13(2)16(19-15-7-5-4-6-8-15)11-17-9-14-10-18-20(3)12-14/h4-8,10,12-13,16-17,19H,9,11H2,1-3H3/t16-/m1/s1. The van der Waals surface area contributed by atoms with Gasteiger partial charge in [-0.1, -0.05) is 32.0 Å². The number of aromatic nitrogens is 2. The van der Waals surface area contributed by atoms with E-state index < -0.39 is 0 Å². The molecule has 0 saturated carbocycles. The molecule has 0 aliphatic rings. The second-order valence-electron chi connectivity index (χ2n) is 5.51. The van der Waals surface area contributed by atoms with E-state index in [-0.39, 0.29) is 0 Å². The molecule has 0 saturated heterocycles. The topological polar surface area (TPSA) is 41.9 Å². The van der Waals surface area contributed by atoms with Gasteiger partial charge < -0.3 is 10.6 Å². The summed E-state index contributed by atoms with van der Waals surface area (Å²) in [6, 6.07) is 10.8. The summed E-state index contributed by atoms with van der Waals surface area (Å²) in [6.45, 7) is 6.27. The van der Waals surface area contributed by atoms with E-state index in [1.165, 1.54) is 11.3 Å². The molecule has 20 heavy (non-hydrogen) atoms. The van der Waals surface area contributed by atoms with E-state index in [0.29, 0.717) is 12.0 Å². The van der Waals surface area contributed by atoms with Crippen LogP contribution in [0.25, 0.3) is 0 Å². The van der Waals surface area contributed by atoms with E-state index in [2.05, 4.69) is 53.8 Å².